The Morgan fingerprint density at radius 3 is 2.55 bits per heavy atom. The van der Waals surface area contributed by atoms with E-state index in [2.05, 4.69) is 44.2 Å². The topological polar surface area (TPSA) is 65.2 Å². The largest absolute Gasteiger partial charge is 0.463 e. The molecule has 4 nitrogen and oxygen atoms in total. The fourth-order valence-corrected chi connectivity index (χ4v) is 3.54. The molecule has 2 N–H and O–H groups in total. The van der Waals surface area contributed by atoms with E-state index in [4.69, 9.17) is 15.5 Å². The van der Waals surface area contributed by atoms with Gasteiger partial charge in [0, 0.05) is 23.7 Å². The highest BCUT2D eigenvalue weighted by Gasteiger charge is 2.15. The standard InChI is InChI=1S/C25H28N2O2/c1-4-6-22-21(16-26)25(19-11-7-17(3)8-12-19)20-15-18(9-13-23(20)27-22)10-14-24(28)29-5-2/h7-15H,4-6,16,26H2,1-3H3. The summed E-state index contributed by atoms with van der Waals surface area (Å²) in [5.74, 6) is -0.342. The van der Waals surface area contributed by atoms with Gasteiger partial charge in [0.05, 0.1) is 12.1 Å². The van der Waals surface area contributed by atoms with Crippen LogP contribution in [0.1, 0.15) is 42.7 Å². The first-order valence-electron chi connectivity index (χ1n) is 10.1. The Morgan fingerprint density at radius 2 is 1.90 bits per heavy atom. The summed E-state index contributed by atoms with van der Waals surface area (Å²) in [5, 5.41) is 1.04. The maximum absolute atomic E-state index is 11.7. The van der Waals surface area contributed by atoms with Crippen LogP contribution in [-0.2, 0) is 22.5 Å². The van der Waals surface area contributed by atoms with Crippen LogP contribution in [0.4, 0.5) is 0 Å². The second-order valence-corrected chi connectivity index (χ2v) is 7.09. The molecule has 0 amide bonds. The molecule has 0 saturated heterocycles. The highest BCUT2D eigenvalue weighted by Crippen LogP contribution is 2.34. The zero-order valence-electron chi connectivity index (χ0n) is 17.4. The molecule has 0 aliphatic carbocycles. The van der Waals surface area contributed by atoms with Crippen LogP contribution in [0.5, 0.6) is 0 Å². The van der Waals surface area contributed by atoms with Crippen molar-refractivity contribution in [1.29, 1.82) is 0 Å². The molecule has 0 atom stereocenters. The lowest BCUT2D eigenvalue weighted by molar-refractivity contribution is -0.137. The van der Waals surface area contributed by atoms with Gasteiger partial charge in [-0.2, -0.15) is 0 Å². The molecule has 0 aliphatic rings. The smallest absolute Gasteiger partial charge is 0.330 e. The lowest BCUT2D eigenvalue weighted by Gasteiger charge is -2.17. The van der Waals surface area contributed by atoms with E-state index in [1.54, 1.807) is 13.0 Å². The minimum atomic E-state index is -0.342. The molecule has 0 spiro atoms. The highest BCUT2D eigenvalue weighted by molar-refractivity contribution is 5.98. The summed E-state index contributed by atoms with van der Waals surface area (Å²) in [7, 11) is 0. The lowest BCUT2D eigenvalue weighted by atomic mass is 9.91. The number of nitrogens with zero attached hydrogens (tertiary/aromatic N) is 1. The molecule has 0 aliphatic heterocycles. The summed E-state index contributed by atoms with van der Waals surface area (Å²) in [4.78, 5) is 16.6. The van der Waals surface area contributed by atoms with E-state index in [0.717, 1.165) is 51.7 Å². The minimum absolute atomic E-state index is 0.342. The Hall–Kier alpha value is -2.98. The van der Waals surface area contributed by atoms with Crippen LogP contribution in [-0.4, -0.2) is 17.6 Å². The zero-order valence-corrected chi connectivity index (χ0v) is 17.4. The average molecular weight is 389 g/mol. The molecule has 0 radical (unpaired) electrons. The number of nitrogens with two attached hydrogens (primary N) is 1. The number of aromatic nitrogens is 1. The van der Waals surface area contributed by atoms with Crippen LogP contribution in [0.2, 0.25) is 0 Å². The van der Waals surface area contributed by atoms with Gasteiger partial charge in [0.2, 0.25) is 0 Å². The van der Waals surface area contributed by atoms with E-state index in [1.807, 2.05) is 12.1 Å². The number of aryl methyl sites for hydroxylation is 2. The molecule has 0 saturated carbocycles. The van der Waals surface area contributed by atoms with Gasteiger partial charge >= 0.3 is 5.97 Å². The van der Waals surface area contributed by atoms with Gasteiger partial charge in [0.1, 0.15) is 0 Å². The van der Waals surface area contributed by atoms with E-state index in [1.165, 1.54) is 11.6 Å². The number of ether oxygens (including phenoxy) is 1. The van der Waals surface area contributed by atoms with E-state index < -0.39 is 0 Å². The minimum Gasteiger partial charge on any atom is -0.463 e. The van der Waals surface area contributed by atoms with Crippen LogP contribution in [0.3, 0.4) is 0 Å². The molecular weight excluding hydrogens is 360 g/mol. The van der Waals surface area contributed by atoms with Gasteiger partial charge in [-0.1, -0.05) is 49.2 Å². The number of esters is 1. The number of carbonyl (C=O) groups is 1. The van der Waals surface area contributed by atoms with Gasteiger partial charge in [-0.25, -0.2) is 4.79 Å². The average Bonchev–Trinajstić information content (AvgIpc) is 2.72. The van der Waals surface area contributed by atoms with Gasteiger partial charge in [0.25, 0.3) is 0 Å². The second-order valence-electron chi connectivity index (χ2n) is 7.09. The maximum atomic E-state index is 11.7. The van der Waals surface area contributed by atoms with Crippen molar-refractivity contribution in [3.05, 3.63) is 70.9 Å². The van der Waals surface area contributed by atoms with Crippen molar-refractivity contribution in [3.8, 4) is 11.1 Å². The van der Waals surface area contributed by atoms with Gasteiger partial charge < -0.3 is 10.5 Å². The third-order valence-electron chi connectivity index (χ3n) is 4.93. The quantitative estimate of drug-likeness (QED) is 0.446. The summed E-state index contributed by atoms with van der Waals surface area (Å²) in [6, 6.07) is 14.6. The van der Waals surface area contributed by atoms with E-state index >= 15 is 0 Å². The van der Waals surface area contributed by atoms with Gasteiger partial charge in [0.15, 0.2) is 0 Å². The number of fused-ring (bicyclic) bond motifs is 1. The van der Waals surface area contributed by atoms with Crippen molar-refractivity contribution in [3.63, 3.8) is 0 Å². The molecule has 3 rings (SSSR count). The third kappa shape index (κ3) is 4.72. The first kappa shape index (κ1) is 20.7. The molecule has 29 heavy (non-hydrogen) atoms. The van der Waals surface area contributed by atoms with Gasteiger partial charge in [-0.05, 0) is 60.7 Å². The molecule has 3 aromatic rings. The molecule has 1 aromatic heterocycles. The lowest BCUT2D eigenvalue weighted by Crippen LogP contribution is -2.07. The van der Waals surface area contributed by atoms with Crippen molar-refractivity contribution >= 4 is 22.9 Å². The van der Waals surface area contributed by atoms with Crippen molar-refractivity contribution in [2.45, 2.75) is 40.2 Å². The predicted octanol–water partition coefficient (Wildman–Crippen LogP) is 5.20. The fraction of sp³-hybridized carbons (Fsp3) is 0.280. The Labute approximate surface area is 172 Å². The normalized spacial score (nSPS) is 11.3. The Kier molecular flexibility index (Phi) is 6.78. The number of hydrogen-bond donors (Lipinski definition) is 1. The monoisotopic (exact) mass is 388 g/mol. The van der Waals surface area contributed by atoms with E-state index in [9.17, 15) is 4.79 Å². The van der Waals surface area contributed by atoms with Crippen molar-refractivity contribution in [2.75, 3.05) is 6.61 Å². The molecule has 2 aromatic carbocycles. The van der Waals surface area contributed by atoms with Crippen LogP contribution < -0.4 is 5.73 Å². The van der Waals surface area contributed by atoms with Gasteiger partial charge in [-0.15, -0.1) is 0 Å². The number of carbonyl (C=O) groups excluding carboxylic acids is 1. The molecule has 0 unspecified atom stereocenters. The Bertz CT molecular complexity index is 1040. The Balaban J connectivity index is 2.22. The summed E-state index contributed by atoms with van der Waals surface area (Å²) >= 11 is 0. The van der Waals surface area contributed by atoms with Crippen molar-refractivity contribution < 1.29 is 9.53 Å². The molecule has 0 bridgehead atoms. The molecule has 0 fully saturated rings. The summed E-state index contributed by atoms with van der Waals surface area (Å²) in [6.07, 6.45) is 5.14. The zero-order chi connectivity index (χ0) is 20.8. The first-order chi connectivity index (χ1) is 14.1. The molecular formula is C25H28N2O2. The van der Waals surface area contributed by atoms with E-state index in [-0.39, 0.29) is 5.97 Å². The van der Waals surface area contributed by atoms with Crippen molar-refractivity contribution in [1.82, 2.24) is 4.98 Å². The summed E-state index contributed by atoms with van der Waals surface area (Å²) < 4.78 is 4.98. The Morgan fingerprint density at radius 1 is 1.14 bits per heavy atom. The van der Waals surface area contributed by atoms with Crippen LogP contribution in [0.25, 0.3) is 28.1 Å². The van der Waals surface area contributed by atoms with Crippen LogP contribution in [0.15, 0.2) is 48.5 Å². The van der Waals surface area contributed by atoms with Crippen LogP contribution in [0, 0.1) is 6.92 Å². The van der Waals surface area contributed by atoms with Crippen LogP contribution >= 0.6 is 0 Å². The SMILES string of the molecule is CCCc1nc2ccc(C=CC(=O)OCC)cc2c(-c2ccc(C)cc2)c1CN. The predicted molar refractivity (Wildman–Crippen MR) is 119 cm³/mol. The summed E-state index contributed by atoms with van der Waals surface area (Å²) in [5.41, 5.74) is 13.7. The first-order valence-corrected chi connectivity index (χ1v) is 10.1. The number of benzene rings is 2. The third-order valence-corrected chi connectivity index (χ3v) is 4.93. The van der Waals surface area contributed by atoms with Crippen molar-refractivity contribution in [2.24, 2.45) is 5.73 Å². The fourth-order valence-electron chi connectivity index (χ4n) is 3.54. The van der Waals surface area contributed by atoms with E-state index in [0.29, 0.717) is 13.2 Å². The molecule has 4 heteroatoms. The number of hydrogen-bond acceptors (Lipinski definition) is 4. The molecule has 150 valence electrons. The maximum Gasteiger partial charge on any atom is 0.330 e. The highest BCUT2D eigenvalue weighted by atomic mass is 16.5. The summed E-state index contributed by atoms with van der Waals surface area (Å²) in [6.45, 7) is 6.83. The number of rotatable bonds is 7. The molecule has 1 heterocycles. The second kappa shape index (κ2) is 9.48. The van der Waals surface area contributed by atoms with Gasteiger partial charge in [-0.3, -0.25) is 4.98 Å². The number of pyridine rings is 1.